The summed E-state index contributed by atoms with van der Waals surface area (Å²) in [6, 6.07) is 7.72. The van der Waals surface area contributed by atoms with E-state index in [1.165, 1.54) is 12.1 Å². The fourth-order valence-corrected chi connectivity index (χ4v) is 4.82. The van der Waals surface area contributed by atoms with E-state index in [9.17, 15) is 27.2 Å². The van der Waals surface area contributed by atoms with Crippen LogP contribution in [0.1, 0.15) is 65.0 Å². The Hall–Kier alpha value is -4.49. The van der Waals surface area contributed by atoms with Crippen molar-refractivity contribution < 1.29 is 32.3 Å². The molecule has 1 amide bonds. The van der Waals surface area contributed by atoms with Crippen LogP contribution in [0.3, 0.4) is 0 Å². The average molecular weight is 591 g/mol. The molecule has 0 radical (unpaired) electrons. The number of carbonyl (C=O) groups excluding carboxylic acids is 1. The van der Waals surface area contributed by atoms with Gasteiger partial charge in [0.2, 0.25) is 5.91 Å². The summed E-state index contributed by atoms with van der Waals surface area (Å²) in [7, 11) is 0. The van der Waals surface area contributed by atoms with Crippen LogP contribution in [0.15, 0.2) is 35.1 Å². The number of anilines is 2. The second kappa shape index (κ2) is 12.2. The number of carbonyl (C=O) groups is 2. The molecule has 1 saturated carbocycles. The van der Waals surface area contributed by atoms with Crippen LogP contribution < -0.4 is 21.9 Å². The molecule has 1 aliphatic carbocycles. The lowest BCUT2D eigenvalue weighted by atomic mass is 10.1. The number of nitrogen functional groups attached to an aromatic ring is 1. The molecule has 5 rings (SSSR count). The number of hydrogen-bond acceptors (Lipinski definition) is 7. The fraction of sp³-hybridized carbons (Fsp3) is 0.393. The topological polar surface area (TPSA) is 152 Å². The third-order valence-electron chi connectivity index (χ3n) is 6.95. The molecule has 1 aromatic carbocycles. The van der Waals surface area contributed by atoms with Crippen molar-refractivity contribution in [2.24, 2.45) is 0 Å². The third kappa shape index (κ3) is 7.22. The molecule has 5 N–H and O–H groups in total. The van der Waals surface area contributed by atoms with Crippen LogP contribution >= 0.6 is 0 Å². The molecular weight excluding hydrogens is 560 g/mol. The molecular formula is C28H30F4N6O4. The summed E-state index contributed by atoms with van der Waals surface area (Å²) < 4.78 is 47.2. The van der Waals surface area contributed by atoms with Gasteiger partial charge in [-0.15, -0.1) is 0 Å². The van der Waals surface area contributed by atoms with Gasteiger partial charge in [0.15, 0.2) is 5.82 Å². The van der Waals surface area contributed by atoms with E-state index in [-0.39, 0.29) is 29.6 Å². The van der Waals surface area contributed by atoms with Gasteiger partial charge in [-0.1, -0.05) is 12.1 Å². The number of nitrogens with two attached hydrogens (primary N) is 1. The zero-order valence-corrected chi connectivity index (χ0v) is 22.9. The fourth-order valence-electron chi connectivity index (χ4n) is 4.82. The molecule has 14 heteroatoms. The highest BCUT2D eigenvalue weighted by Gasteiger charge is 2.38. The van der Waals surface area contributed by atoms with Crippen molar-refractivity contribution in [1.82, 2.24) is 19.9 Å². The Bertz CT molecular complexity index is 1550. The summed E-state index contributed by atoms with van der Waals surface area (Å²) in [5.41, 5.74) is 10.3. The van der Waals surface area contributed by atoms with Gasteiger partial charge in [0.25, 0.3) is 5.56 Å². The van der Waals surface area contributed by atoms with E-state index in [2.05, 4.69) is 20.6 Å². The highest BCUT2D eigenvalue weighted by Crippen LogP contribution is 2.43. The molecule has 0 spiro atoms. The standard InChI is InChI=1S/C26H29FN6O2.C2HF3O2/c1-14-9-16(11-19(27)10-14)12-29-24-26(35)33-20(23(32-24)17-3-4-17)6-7-21(33)25(34)30-13-18-5-8-22(28)31-15(18)2;3-2(4,5)1(6)7/h5,8-11,17,21H,3-4,6-7,12-13H2,1-2H3,(H2,28,31)(H,29,32)(H,30,34);(H,6,7)/t21-;/m0./s1. The van der Waals surface area contributed by atoms with Crippen LogP contribution in [0.5, 0.6) is 0 Å². The first-order valence-electron chi connectivity index (χ1n) is 13.2. The number of rotatable bonds is 7. The molecule has 42 heavy (non-hydrogen) atoms. The van der Waals surface area contributed by atoms with Gasteiger partial charge in [-0.25, -0.2) is 19.2 Å². The summed E-state index contributed by atoms with van der Waals surface area (Å²) in [4.78, 5) is 44.4. The summed E-state index contributed by atoms with van der Waals surface area (Å²) in [6.45, 7) is 4.25. The van der Waals surface area contributed by atoms with Crippen molar-refractivity contribution in [2.75, 3.05) is 11.1 Å². The minimum Gasteiger partial charge on any atom is -0.475 e. The maximum absolute atomic E-state index is 13.8. The number of carboxylic acids is 1. The largest absolute Gasteiger partial charge is 0.490 e. The van der Waals surface area contributed by atoms with E-state index < -0.39 is 18.2 Å². The van der Waals surface area contributed by atoms with Crippen LogP contribution in [0.4, 0.5) is 29.2 Å². The number of alkyl halides is 3. The van der Waals surface area contributed by atoms with Gasteiger partial charge in [-0.3, -0.25) is 14.2 Å². The SMILES string of the molecule is Cc1cc(F)cc(CNc2nc(C3CC3)c3n(c2=O)[C@H](C(=O)NCc2ccc(N)nc2C)CC3)c1.O=C(O)C(F)(F)F. The number of amides is 1. The minimum absolute atomic E-state index is 0.204. The molecule has 1 fully saturated rings. The normalized spacial score (nSPS) is 15.8. The van der Waals surface area contributed by atoms with E-state index in [0.29, 0.717) is 31.1 Å². The Labute approximate surface area is 238 Å². The molecule has 0 bridgehead atoms. The Morgan fingerprint density at radius 1 is 1.10 bits per heavy atom. The van der Waals surface area contributed by atoms with Gasteiger partial charge in [-0.2, -0.15) is 13.2 Å². The Kier molecular flexibility index (Phi) is 8.83. The number of aromatic nitrogens is 3. The van der Waals surface area contributed by atoms with Gasteiger partial charge < -0.3 is 21.5 Å². The number of nitrogens with zero attached hydrogens (tertiary/aromatic N) is 3. The lowest BCUT2D eigenvalue weighted by Gasteiger charge is -2.18. The number of hydrogen-bond donors (Lipinski definition) is 4. The Morgan fingerprint density at radius 2 is 1.79 bits per heavy atom. The smallest absolute Gasteiger partial charge is 0.475 e. The number of aliphatic carboxylic acids is 1. The highest BCUT2D eigenvalue weighted by molar-refractivity contribution is 5.81. The number of aryl methyl sites for hydroxylation is 2. The predicted molar refractivity (Wildman–Crippen MR) is 145 cm³/mol. The monoisotopic (exact) mass is 590 g/mol. The maximum Gasteiger partial charge on any atom is 0.490 e. The van der Waals surface area contributed by atoms with Crippen LogP contribution in [0.25, 0.3) is 0 Å². The molecule has 3 aromatic rings. The summed E-state index contributed by atoms with van der Waals surface area (Å²) in [5.74, 6) is -2.33. The molecule has 224 valence electrons. The van der Waals surface area contributed by atoms with Gasteiger partial charge >= 0.3 is 12.1 Å². The van der Waals surface area contributed by atoms with Crippen molar-refractivity contribution in [3.8, 4) is 0 Å². The van der Waals surface area contributed by atoms with Crippen LogP contribution in [0, 0.1) is 19.7 Å². The molecule has 1 aliphatic heterocycles. The number of fused-ring (bicyclic) bond motifs is 1. The average Bonchev–Trinajstić information content (AvgIpc) is 3.64. The Balaban J connectivity index is 0.000000517. The minimum atomic E-state index is -5.08. The van der Waals surface area contributed by atoms with Crippen LogP contribution in [0.2, 0.25) is 0 Å². The molecule has 2 aliphatic rings. The number of halogens is 4. The number of benzene rings is 1. The second-order valence-electron chi connectivity index (χ2n) is 10.3. The first-order chi connectivity index (χ1) is 19.7. The van der Waals surface area contributed by atoms with E-state index in [1.54, 1.807) is 10.6 Å². The lowest BCUT2D eigenvalue weighted by molar-refractivity contribution is -0.192. The molecule has 2 aromatic heterocycles. The highest BCUT2D eigenvalue weighted by atomic mass is 19.4. The van der Waals surface area contributed by atoms with Crippen molar-refractivity contribution in [3.63, 3.8) is 0 Å². The molecule has 0 unspecified atom stereocenters. The maximum atomic E-state index is 13.8. The summed E-state index contributed by atoms with van der Waals surface area (Å²) in [5, 5.41) is 13.2. The van der Waals surface area contributed by atoms with Crippen molar-refractivity contribution in [1.29, 1.82) is 0 Å². The van der Waals surface area contributed by atoms with Crippen molar-refractivity contribution in [2.45, 2.75) is 70.8 Å². The van der Waals surface area contributed by atoms with Gasteiger partial charge in [0.05, 0.1) is 5.69 Å². The molecule has 10 nitrogen and oxygen atoms in total. The summed E-state index contributed by atoms with van der Waals surface area (Å²) in [6.07, 6.45) is -1.84. The number of pyridine rings is 1. The van der Waals surface area contributed by atoms with Crippen molar-refractivity contribution in [3.05, 3.63) is 80.3 Å². The first-order valence-corrected chi connectivity index (χ1v) is 13.2. The van der Waals surface area contributed by atoms with E-state index in [0.717, 1.165) is 46.6 Å². The molecule has 1 atom stereocenters. The zero-order chi connectivity index (χ0) is 30.8. The lowest BCUT2D eigenvalue weighted by Crippen LogP contribution is -2.37. The molecule has 0 saturated heterocycles. The van der Waals surface area contributed by atoms with E-state index >= 15 is 0 Å². The predicted octanol–water partition coefficient (Wildman–Crippen LogP) is 3.90. The van der Waals surface area contributed by atoms with Gasteiger partial charge in [0.1, 0.15) is 17.7 Å². The van der Waals surface area contributed by atoms with Gasteiger partial charge in [0, 0.05) is 30.4 Å². The third-order valence-corrected chi connectivity index (χ3v) is 6.95. The van der Waals surface area contributed by atoms with Gasteiger partial charge in [-0.05, 0) is 74.4 Å². The quantitative estimate of drug-likeness (QED) is 0.303. The first kappa shape index (κ1) is 30.5. The van der Waals surface area contributed by atoms with E-state index in [1.807, 2.05) is 26.0 Å². The van der Waals surface area contributed by atoms with Crippen LogP contribution in [-0.4, -0.2) is 37.7 Å². The summed E-state index contributed by atoms with van der Waals surface area (Å²) >= 11 is 0. The van der Waals surface area contributed by atoms with Crippen molar-refractivity contribution >= 4 is 23.5 Å². The van der Waals surface area contributed by atoms with E-state index in [4.69, 9.17) is 15.6 Å². The number of nitrogens with one attached hydrogen (secondary N) is 2. The van der Waals surface area contributed by atoms with Crippen LogP contribution in [-0.2, 0) is 29.1 Å². The Morgan fingerprint density at radius 3 is 2.38 bits per heavy atom. The number of carboxylic acid groups (broad SMARTS) is 1. The molecule has 3 heterocycles. The zero-order valence-electron chi connectivity index (χ0n) is 22.9. The second-order valence-corrected chi connectivity index (χ2v) is 10.3.